The molecule has 1 saturated carbocycles. The highest BCUT2D eigenvalue weighted by Gasteiger charge is 2.40. The number of Topliss-reactive ketones (excluding diaryl/α,β-unsaturated/α-hetero) is 1. The lowest BCUT2D eigenvalue weighted by atomic mass is 9.94. The Morgan fingerprint density at radius 1 is 1.32 bits per heavy atom. The molecule has 0 bridgehead atoms. The van der Waals surface area contributed by atoms with Crippen LogP contribution in [0.1, 0.15) is 39.6 Å². The third-order valence-corrected chi connectivity index (χ3v) is 4.09. The fourth-order valence-corrected chi connectivity index (χ4v) is 2.56. The lowest BCUT2D eigenvalue weighted by molar-refractivity contribution is -0.127. The molecule has 3 rings (SSSR count). The van der Waals surface area contributed by atoms with Gasteiger partial charge in [-0.2, -0.15) is 0 Å². The fourth-order valence-electron chi connectivity index (χ4n) is 2.56. The minimum absolute atomic E-state index is 0.108. The van der Waals surface area contributed by atoms with E-state index in [-0.39, 0.29) is 29.9 Å². The summed E-state index contributed by atoms with van der Waals surface area (Å²) in [5, 5.41) is 0. The fraction of sp³-hybridized carbons (Fsp3) is 0.400. The molecule has 0 aromatic heterocycles. The number of hydrogen-bond acceptors (Lipinski definition) is 3. The van der Waals surface area contributed by atoms with Gasteiger partial charge in [-0.15, -0.1) is 0 Å². The first-order valence-corrected chi connectivity index (χ1v) is 6.47. The summed E-state index contributed by atoms with van der Waals surface area (Å²) in [4.78, 5) is 36.9. The number of nitrogens with zero attached hydrogens (tertiary/aromatic N) is 1. The standard InChI is InChI=1S/C15H15NO3/c1-8-5-11(8)14(18)10-4-3-9-7-13(17)16(2)15(19)12(9)6-10/h3-4,6,8,11H,5,7H2,1-2H3. The van der Waals surface area contributed by atoms with Crippen LogP contribution in [0.25, 0.3) is 0 Å². The number of imide groups is 1. The van der Waals surface area contributed by atoms with E-state index in [2.05, 4.69) is 6.92 Å². The van der Waals surface area contributed by atoms with Gasteiger partial charge in [-0.25, -0.2) is 0 Å². The summed E-state index contributed by atoms with van der Waals surface area (Å²) >= 11 is 0. The topological polar surface area (TPSA) is 54.5 Å². The van der Waals surface area contributed by atoms with Gasteiger partial charge in [0, 0.05) is 24.1 Å². The molecule has 4 heteroatoms. The summed E-state index contributed by atoms with van der Waals surface area (Å²) in [6.45, 7) is 2.05. The number of likely N-dealkylation sites (N-methyl/N-ethyl adjacent to an activating group) is 1. The molecule has 2 amide bonds. The van der Waals surface area contributed by atoms with E-state index in [0.29, 0.717) is 22.6 Å². The van der Waals surface area contributed by atoms with Gasteiger partial charge >= 0.3 is 0 Å². The number of benzene rings is 1. The normalized spacial score (nSPS) is 25.3. The monoisotopic (exact) mass is 257 g/mol. The van der Waals surface area contributed by atoms with Crippen molar-refractivity contribution in [3.63, 3.8) is 0 Å². The van der Waals surface area contributed by atoms with Crippen LogP contribution in [0.4, 0.5) is 0 Å². The summed E-state index contributed by atoms with van der Waals surface area (Å²) in [5.74, 6) is 0.152. The van der Waals surface area contributed by atoms with Crippen molar-refractivity contribution in [2.45, 2.75) is 19.8 Å². The van der Waals surface area contributed by atoms with E-state index < -0.39 is 0 Å². The van der Waals surface area contributed by atoms with E-state index in [1.807, 2.05) is 0 Å². The van der Waals surface area contributed by atoms with Crippen molar-refractivity contribution in [1.29, 1.82) is 0 Å². The molecular formula is C15H15NO3. The third kappa shape index (κ3) is 1.87. The van der Waals surface area contributed by atoms with Crippen LogP contribution in [0.2, 0.25) is 0 Å². The molecular weight excluding hydrogens is 242 g/mol. The maximum Gasteiger partial charge on any atom is 0.260 e. The highest BCUT2D eigenvalue weighted by molar-refractivity contribution is 6.11. The van der Waals surface area contributed by atoms with E-state index in [1.54, 1.807) is 18.2 Å². The maximum absolute atomic E-state index is 12.2. The molecule has 1 fully saturated rings. The Morgan fingerprint density at radius 3 is 2.63 bits per heavy atom. The Hall–Kier alpha value is -1.97. The predicted molar refractivity (Wildman–Crippen MR) is 68.8 cm³/mol. The molecule has 2 unspecified atom stereocenters. The number of amides is 2. The van der Waals surface area contributed by atoms with Gasteiger partial charge in [0.25, 0.3) is 5.91 Å². The van der Waals surface area contributed by atoms with Crippen LogP contribution < -0.4 is 0 Å². The summed E-state index contributed by atoms with van der Waals surface area (Å²) in [7, 11) is 1.48. The van der Waals surface area contributed by atoms with Gasteiger partial charge in [0.05, 0.1) is 6.42 Å². The second-order valence-electron chi connectivity index (χ2n) is 5.49. The molecule has 1 aromatic carbocycles. The van der Waals surface area contributed by atoms with Crippen molar-refractivity contribution in [2.24, 2.45) is 11.8 Å². The molecule has 98 valence electrons. The third-order valence-electron chi connectivity index (χ3n) is 4.09. The molecule has 0 saturated heterocycles. The quantitative estimate of drug-likeness (QED) is 0.598. The molecule has 2 atom stereocenters. The molecule has 1 aliphatic heterocycles. The second-order valence-corrected chi connectivity index (χ2v) is 5.49. The van der Waals surface area contributed by atoms with E-state index in [0.717, 1.165) is 11.3 Å². The Bertz CT molecular complexity index is 605. The van der Waals surface area contributed by atoms with Crippen LogP contribution in [0.5, 0.6) is 0 Å². The Morgan fingerprint density at radius 2 is 2.00 bits per heavy atom. The van der Waals surface area contributed by atoms with Crippen molar-refractivity contribution in [2.75, 3.05) is 7.05 Å². The highest BCUT2D eigenvalue weighted by atomic mass is 16.2. The maximum atomic E-state index is 12.2. The van der Waals surface area contributed by atoms with Crippen molar-refractivity contribution in [1.82, 2.24) is 4.90 Å². The van der Waals surface area contributed by atoms with Crippen LogP contribution >= 0.6 is 0 Å². The van der Waals surface area contributed by atoms with E-state index in [9.17, 15) is 14.4 Å². The van der Waals surface area contributed by atoms with E-state index in [1.165, 1.54) is 7.05 Å². The summed E-state index contributed by atoms with van der Waals surface area (Å²) in [6.07, 6.45) is 1.16. The Labute approximate surface area is 111 Å². The predicted octanol–water partition coefficient (Wildman–Crippen LogP) is 1.68. The van der Waals surface area contributed by atoms with Gasteiger partial charge in [0.15, 0.2) is 5.78 Å². The summed E-state index contributed by atoms with van der Waals surface area (Å²) in [6, 6.07) is 5.12. The van der Waals surface area contributed by atoms with Gasteiger partial charge in [0.1, 0.15) is 0 Å². The van der Waals surface area contributed by atoms with Crippen LogP contribution in [-0.2, 0) is 11.2 Å². The molecule has 1 aliphatic carbocycles. The van der Waals surface area contributed by atoms with Gasteiger partial charge in [-0.1, -0.05) is 19.1 Å². The number of hydrogen-bond donors (Lipinski definition) is 0. The number of ketones is 1. The molecule has 0 N–H and O–H groups in total. The first-order chi connectivity index (χ1) is 8.99. The molecule has 0 spiro atoms. The highest BCUT2D eigenvalue weighted by Crippen LogP contribution is 2.40. The largest absolute Gasteiger partial charge is 0.294 e. The zero-order valence-corrected chi connectivity index (χ0v) is 11.0. The van der Waals surface area contributed by atoms with Crippen LogP contribution in [0.15, 0.2) is 18.2 Å². The average molecular weight is 257 g/mol. The van der Waals surface area contributed by atoms with Crippen LogP contribution in [0.3, 0.4) is 0 Å². The second kappa shape index (κ2) is 4.02. The number of rotatable bonds is 2. The zero-order chi connectivity index (χ0) is 13.7. The first-order valence-electron chi connectivity index (χ1n) is 6.47. The lowest BCUT2D eigenvalue weighted by Gasteiger charge is -2.23. The minimum atomic E-state index is -0.315. The van der Waals surface area contributed by atoms with Crippen molar-refractivity contribution >= 4 is 17.6 Å². The number of fused-ring (bicyclic) bond motifs is 1. The Kier molecular flexibility index (Phi) is 2.55. The number of carbonyl (C=O) groups excluding carboxylic acids is 3. The van der Waals surface area contributed by atoms with Crippen LogP contribution in [-0.4, -0.2) is 29.5 Å². The first kappa shape index (κ1) is 12.1. The Balaban J connectivity index is 1.97. The molecule has 4 nitrogen and oxygen atoms in total. The van der Waals surface area contributed by atoms with E-state index >= 15 is 0 Å². The van der Waals surface area contributed by atoms with Gasteiger partial charge in [-0.3, -0.25) is 19.3 Å². The van der Waals surface area contributed by atoms with Crippen molar-refractivity contribution in [3.8, 4) is 0 Å². The van der Waals surface area contributed by atoms with Crippen molar-refractivity contribution < 1.29 is 14.4 Å². The minimum Gasteiger partial charge on any atom is -0.294 e. The van der Waals surface area contributed by atoms with Gasteiger partial charge in [-0.05, 0) is 24.0 Å². The molecule has 19 heavy (non-hydrogen) atoms. The molecule has 1 aromatic rings. The SMILES string of the molecule is CC1CC1C(=O)c1ccc2c(c1)C(=O)N(C)C(=O)C2. The summed E-state index contributed by atoms with van der Waals surface area (Å²) in [5.41, 5.74) is 1.79. The van der Waals surface area contributed by atoms with Crippen molar-refractivity contribution in [3.05, 3.63) is 34.9 Å². The van der Waals surface area contributed by atoms with E-state index in [4.69, 9.17) is 0 Å². The summed E-state index contributed by atoms with van der Waals surface area (Å²) < 4.78 is 0. The molecule has 2 aliphatic rings. The van der Waals surface area contributed by atoms with Crippen LogP contribution in [0, 0.1) is 11.8 Å². The smallest absolute Gasteiger partial charge is 0.260 e. The lowest BCUT2D eigenvalue weighted by Crippen LogP contribution is -2.39. The number of carbonyl (C=O) groups is 3. The van der Waals surface area contributed by atoms with Gasteiger partial charge < -0.3 is 0 Å². The van der Waals surface area contributed by atoms with Gasteiger partial charge in [0.2, 0.25) is 5.91 Å². The molecule has 0 radical (unpaired) electrons. The molecule has 1 heterocycles. The zero-order valence-electron chi connectivity index (χ0n) is 11.0. The average Bonchev–Trinajstić information content (AvgIpc) is 3.12.